The maximum Gasteiger partial charge on any atom is -0.0118 e. The summed E-state index contributed by atoms with van der Waals surface area (Å²) >= 11 is 0. The summed E-state index contributed by atoms with van der Waals surface area (Å²) in [7, 11) is 0. The Balaban J connectivity index is 1.46. The molecule has 4 rings (SSSR count). The fourth-order valence-electron chi connectivity index (χ4n) is 4.97. The zero-order chi connectivity index (χ0) is 20.8. The van der Waals surface area contributed by atoms with E-state index in [-0.39, 0.29) is 0 Å². The molecule has 0 heteroatoms. The zero-order valence-electron chi connectivity index (χ0n) is 18.8. The molecule has 1 unspecified atom stereocenters. The van der Waals surface area contributed by atoms with Crippen molar-refractivity contribution >= 4 is 10.8 Å². The van der Waals surface area contributed by atoms with Gasteiger partial charge in [-0.1, -0.05) is 86.5 Å². The second-order valence-corrected chi connectivity index (χ2v) is 9.05. The standard InChI is InChI=1S/C30H36/c1-3-5-7-9-23-11-13-27-21-29(17-15-25(27)19-23)30-18-16-26-20-24(10-8-6-4-2)12-14-28(26)22-30/h3,5,11-14,16,18-20,22,29H,4,6-10,15,17,21H2,1-2H3/b5-3+. The van der Waals surface area contributed by atoms with Gasteiger partial charge in [0.15, 0.2) is 0 Å². The molecule has 0 radical (unpaired) electrons. The Bertz CT molecular complexity index is 1010. The fourth-order valence-corrected chi connectivity index (χ4v) is 4.97. The van der Waals surface area contributed by atoms with Crippen molar-refractivity contribution in [1.29, 1.82) is 0 Å². The van der Waals surface area contributed by atoms with Gasteiger partial charge in [0.05, 0.1) is 0 Å². The van der Waals surface area contributed by atoms with Gasteiger partial charge in [-0.15, -0.1) is 0 Å². The van der Waals surface area contributed by atoms with E-state index in [0.29, 0.717) is 5.92 Å². The predicted octanol–water partition coefficient (Wildman–Crippen LogP) is 8.35. The van der Waals surface area contributed by atoms with E-state index in [4.69, 9.17) is 0 Å². The average molecular weight is 397 g/mol. The van der Waals surface area contributed by atoms with Crippen molar-refractivity contribution in [2.75, 3.05) is 0 Å². The van der Waals surface area contributed by atoms with Gasteiger partial charge in [0.2, 0.25) is 0 Å². The SMILES string of the molecule is C/C=C/CCc1ccc2c(c1)CCC(c1ccc3cc(CCCCC)ccc3c1)C2. The molecule has 0 spiro atoms. The van der Waals surface area contributed by atoms with Crippen LogP contribution >= 0.6 is 0 Å². The van der Waals surface area contributed by atoms with Crippen LogP contribution in [0.25, 0.3) is 10.8 Å². The first-order valence-electron chi connectivity index (χ1n) is 12.0. The highest BCUT2D eigenvalue weighted by atomic mass is 14.2. The molecule has 0 bridgehead atoms. The summed E-state index contributed by atoms with van der Waals surface area (Å²) in [4.78, 5) is 0. The molecule has 1 atom stereocenters. The largest absolute Gasteiger partial charge is 0.0917 e. The van der Waals surface area contributed by atoms with Crippen molar-refractivity contribution in [2.45, 2.75) is 77.6 Å². The highest BCUT2D eigenvalue weighted by molar-refractivity contribution is 5.84. The van der Waals surface area contributed by atoms with Gasteiger partial charge in [-0.05, 0) is 96.4 Å². The number of aryl methyl sites for hydroxylation is 3. The topological polar surface area (TPSA) is 0 Å². The van der Waals surface area contributed by atoms with Gasteiger partial charge in [0, 0.05) is 0 Å². The van der Waals surface area contributed by atoms with E-state index in [1.54, 1.807) is 11.1 Å². The monoisotopic (exact) mass is 396 g/mol. The molecule has 0 aliphatic heterocycles. The van der Waals surface area contributed by atoms with Crippen molar-refractivity contribution in [3.8, 4) is 0 Å². The lowest BCUT2D eigenvalue weighted by molar-refractivity contribution is 0.585. The van der Waals surface area contributed by atoms with Crippen LogP contribution in [0, 0.1) is 0 Å². The van der Waals surface area contributed by atoms with Crippen LogP contribution in [0.4, 0.5) is 0 Å². The second kappa shape index (κ2) is 10.1. The normalized spacial score (nSPS) is 16.3. The number of hydrogen-bond donors (Lipinski definition) is 0. The lowest BCUT2D eigenvalue weighted by Gasteiger charge is -2.26. The Labute approximate surface area is 183 Å². The lowest BCUT2D eigenvalue weighted by atomic mass is 9.79. The summed E-state index contributed by atoms with van der Waals surface area (Å²) in [5, 5.41) is 2.80. The molecule has 1 aliphatic carbocycles. The molecule has 3 aromatic rings. The van der Waals surface area contributed by atoms with Gasteiger partial charge in [0.25, 0.3) is 0 Å². The van der Waals surface area contributed by atoms with Crippen LogP contribution in [0.1, 0.15) is 79.7 Å². The Kier molecular flexibility index (Phi) is 7.05. The van der Waals surface area contributed by atoms with Crippen LogP contribution in [-0.4, -0.2) is 0 Å². The van der Waals surface area contributed by atoms with Crippen LogP contribution in [0.3, 0.4) is 0 Å². The molecule has 0 N–H and O–H groups in total. The summed E-state index contributed by atoms with van der Waals surface area (Å²) in [6, 6.07) is 21.5. The van der Waals surface area contributed by atoms with Crippen LogP contribution in [-0.2, 0) is 25.7 Å². The Morgan fingerprint density at radius 3 is 2.50 bits per heavy atom. The molecule has 0 saturated carbocycles. The number of benzene rings is 3. The third-order valence-electron chi connectivity index (χ3n) is 6.80. The van der Waals surface area contributed by atoms with Gasteiger partial charge < -0.3 is 0 Å². The minimum Gasteiger partial charge on any atom is -0.0917 e. The van der Waals surface area contributed by atoms with Gasteiger partial charge in [-0.25, -0.2) is 0 Å². The molecule has 0 heterocycles. The van der Waals surface area contributed by atoms with Gasteiger partial charge in [0.1, 0.15) is 0 Å². The van der Waals surface area contributed by atoms with E-state index in [1.165, 1.54) is 72.4 Å². The minimum atomic E-state index is 0.653. The number of rotatable bonds is 8. The first kappa shape index (κ1) is 20.9. The molecular formula is C30H36. The van der Waals surface area contributed by atoms with E-state index in [0.717, 1.165) is 12.8 Å². The number of hydrogen-bond acceptors (Lipinski definition) is 0. The van der Waals surface area contributed by atoms with Crippen LogP contribution < -0.4 is 0 Å². The smallest absolute Gasteiger partial charge is 0.0118 e. The quantitative estimate of drug-likeness (QED) is 0.265. The lowest BCUT2D eigenvalue weighted by Crippen LogP contribution is -2.13. The first-order valence-corrected chi connectivity index (χ1v) is 12.0. The molecule has 0 aromatic heterocycles. The molecule has 1 aliphatic rings. The van der Waals surface area contributed by atoms with Crippen molar-refractivity contribution < 1.29 is 0 Å². The molecular weight excluding hydrogens is 360 g/mol. The molecule has 0 fully saturated rings. The van der Waals surface area contributed by atoms with Crippen molar-refractivity contribution in [1.82, 2.24) is 0 Å². The fraction of sp³-hybridized carbons (Fsp3) is 0.400. The molecule has 3 aromatic carbocycles. The number of unbranched alkanes of at least 4 members (excludes halogenated alkanes) is 2. The molecule has 30 heavy (non-hydrogen) atoms. The van der Waals surface area contributed by atoms with Crippen LogP contribution in [0.5, 0.6) is 0 Å². The van der Waals surface area contributed by atoms with Crippen molar-refractivity contribution in [3.05, 3.63) is 94.6 Å². The first-order chi connectivity index (χ1) is 14.8. The molecule has 0 saturated heterocycles. The highest BCUT2D eigenvalue weighted by Crippen LogP contribution is 2.34. The minimum absolute atomic E-state index is 0.653. The Morgan fingerprint density at radius 1 is 0.833 bits per heavy atom. The van der Waals surface area contributed by atoms with E-state index in [2.05, 4.69) is 80.6 Å². The molecule has 0 nitrogen and oxygen atoms in total. The average Bonchev–Trinajstić information content (AvgIpc) is 2.78. The van der Waals surface area contributed by atoms with Gasteiger partial charge >= 0.3 is 0 Å². The van der Waals surface area contributed by atoms with E-state index in [1.807, 2.05) is 0 Å². The Morgan fingerprint density at radius 2 is 1.63 bits per heavy atom. The predicted molar refractivity (Wildman–Crippen MR) is 132 cm³/mol. The third kappa shape index (κ3) is 5.04. The third-order valence-corrected chi connectivity index (χ3v) is 6.80. The van der Waals surface area contributed by atoms with E-state index < -0.39 is 0 Å². The van der Waals surface area contributed by atoms with Crippen LogP contribution in [0.2, 0.25) is 0 Å². The summed E-state index contributed by atoms with van der Waals surface area (Å²) in [6.45, 7) is 4.38. The Hall–Kier alpha value is -2.34. The second-order valence-electron chi connectivity index (χ2n) is 9.05. The number of allylic oxidation sites excluding steroid dienone is 2. The van der Waals surface area contributed by atoms with E-state index in [9.17, 15) is 0 Å². The van der Waals surface area contributed by atoms with E-state index >= 15 is 0 Å². The number of fused-ring (bicyclic) bond motifs is 2. The summed E-state index contributed by atoms with van der Waals surface area (Å²) in [6.07, 6.45) is 15.5. The maximum atomic E-state index is 2.47. The van der Waals surface area contributed by atoms with Crippen molar-refractivity contribution in [3.63, 3.8) is 0 Å². The molecule has 0 amide bonds. The molecule has 156 valence electrons. The summed E-state index contributed by atoms with van der Waals surface area (Å²) in [5.41, 5.74) is 7.64. The summed E-state index contributed by atoms with van der Waals surface area (Å²) in [5.74, 6) is 0.653. The highest BCUT2D eigenvalue weighted by Gasteiger charge is 2.20. The van der Waals surface area contributed by atoms with Crippen LogP contribution in [0.15, 0.2) is 66.7 Å². The van der Waals surface area contributed by atoms with Gasteiger partial charge in [-0.3, -0.25) is 0 Å². The zero-order valence-corrected chi connectivity index (χ0v) is 18.8. The summed E-state index contributed by atoms with van der Waals surface area (Å²) < 4.78 is 0. The maximum absolute atomic E-state index is 2.47. The van der Waals surface area contributed by atoms with Gasteiger partial charge in [-0.2, -0.15) is 0 Å². The van der Waals surface area contributed by atoms with Crippen molar-refractivity contribution in [2.24, 2.45) is 0 Å².